The van der Waals surface area contributed by atoms with Crippen LogP contribution in [0.5, 0.6) is 5.75 Å². The third kappa shape index (κ3) is 2.63. The van der Waals surface area contributed by atoms with Crippen LogP contribution in [0.15, 0.2) is 42.5 Å². The van der Waals surface area contributed by atoms with Crippen molar-refractivity contribution >= 4 is 23.2 Å². The van der Waals surface area contributed by atoms with Gasteiger partial charge >= 0.3 is 0 Å². The van der Waals surface area contributed by atoms with E-state index >= 15 is 0 Å². The molecule has 1 aliphatic carbocycles. The van der Waals surface area contributed by atoms with E-state index in [1.165, 1.54) is 12.1 Å². The van der Waals surface area contributed by atoms with Crippen molar-refractivity contribution in [3.05, 3.63) is 65.0 Å². The Morgan fingerprint density at radius 2 is 1.62 bits per heavy atom. The molecule has 0 radical (unpaired) electrons. The van der Waals surface area contributed by atoms with Crippen LogP contribution in [-0.2, 0) is 0 Å². The molecule has 1 fully saturated rings. The number of halogens is 3. The number of ether oxygens (including phenoxy) is 1. The Labute approximate surface area is 133 Å². The van der Waals surface area contributed by atoms with Crippen LogP contribution in [0.3, 0.4) is 0 Å². The molecule has 2 unspecified atom stereocenters. The number of benzene rings is 2. The molecule has 110 valence electrons. The summed E-state index contributed by atoms with van der Waals surface area (Å²) in [6.07, 6.45) is 0. The van der Waals surface area contributed by atoms with E-state index in [1.54, 1.807) is 7.11 Å². The number of methoxy groups -OCH3 is 1. The van der Waals surface area contributed by atoms with E-state index in [1.807, 2.05) is 37.3 Å². The Bertz CT molecular complexity index is 647. The molecule has 2 aromatic carbocycles. The first kappa shape index (κ1) is 14.7. The molecular weight excluding hydrogens is 310 g/mol. The molecule has 21 heavy (non-hydrogen) atoms. The van der Waals surface area contributed by atoms with Crippen molar-refractivity contribution in [2.45, 2.75) is 23.1 Å². The molecular formula is C17H15Cl2FO. The average Bonchev–Trinajstić information content (AvgIpc) is 3.00. The molecule has 1 saturated carbocycles. The van der Waals surface area contributed by atoms with E-state index < -0.39 is 4.33 Å². The maximum Gasteiger partial charge on any atom is 0.133 e. The summed E-state index contributed by atoms with van der Waals surface area (Å²) < 4.78 is 17.8. The van der Waals surface area contributed by atoms with Gasteiger partial charge in [0.25, 0.3) is 0 Å². The fraction of sp³-hybridized carbons (Fsp3) is 0.294. The highest BCUT2D eigenvalue weighted by atomic mass is 35.5. The van der Waals surface area contributed by atoms with Crippen molar-refractivity contribution in [2.24, 2.45) is 0 Å². The van der Waals surface area contributed by atoms with Gasteiger partial charge in [0.2, 0.25) is 0 Å². The summed E-state index contributed by atoms with van der Waals surface area (Å²) in [7, 11) is 1.62. The normalized spacial score (nSPS) is 22.9. The molecule has 0 N–H and O–H groups in total. The number of alkyl halides is 2. The van der Waals surface area contributed by atoms with Crippen molar-refractivity contribution in [1.82, 2.24) is 0 Å². The van der Waals surface area contributed by atoms with E-state index in [-0.39, 0.29) is 17.7 Å². The summed E-state index contributed by atoms with van der Waals surface area (Å²) in [4.78, 5) is 0. The maximum atomic E-state index is 13.6. The molecule has 0 aliphatic heterocycles. The van der Waals surface area contributed by atoms with Crippen molar-refractivity contribution in [3.8, 4) is 5.75 Å². The van der Waals surface area contributed by atoms with Gasteiger partial charge in [-0.25, -0.2) is 4.39 Å². The third-order valence-electron chi connectivity index (χ3n) is 3.95. The highest BCUT2D eigenvalue weighted by Crippen LogP contribution is 2.70. The Morgan fingerprint density at radius 3 is 2.19 bits per heavy atom. The maximum absolute atomic E-state index is 13.6. The fourth-order valence-electron chi connectivity index (χ4n) is 2.91. The van der Waals surface area contributed by atoms with Crippen molar-refractivity contribution in [1.29, 1.82) is 0 Å². The fourth-order valence-corrected chi connectivity index (χ4v) is 3.79. The molecule has 0 saturated heterocycles. The molecule has 1 nitrogen and oxygen atoms in total. The van der Waals surface area contributed by atoms with E-state index in [2.05, 4.69) is 0 Å². The lowest BCUT2D eigenvalue weighted by molar-refractivity contribution is 0.414. The van der Waals surface area contributed by atoms with Crippen LogP contribution >= 0.6 is 23.2 Å². The van der Waals surface area contributed by atoms with E-state index in [0.717, 1.165) is 22.4 Å². The van der Waals surface area contributed by atoms with Gasteiger partial charge in [0, 0.05) is 11.8 Å². The Morgan fingerprint density at radius 1 is 1.00 bits per heavy atom. The second kappa shape index (κ2) is 5.19. The predicted molar refractivity (Wildman–Crippen MR) is 84.1 cm³/mol. The van der Waals surface area contributed by atoms with Gasteiger partial charge in [-0.15, -0.1) is 23.2 Å². The van der Waals surface area contributed by atoms with Crippen LogP contribution in [0.2, 0.25) is 0 Å². The minimum atomic E-state index is -0.894. The summed E-state index contributed by atoms with van der Waals surface area (Å²) in [5, 5.41) is 0. The molecule has 0 amide bonds. The lowest BCUT2D eigenvalue weighted by Gasteiger charge is -2.04. The van der Waals surface area contributed by atoms with Gasteiger partial charge in [0.05, 0.1) is 7.11 Å². The highest BCUT2D eigenvalue weighted by Gasteiger charge is 2.64. The molecule has 2 aromatic rings. The van der Waals surface area contributed by atoms with Crippen LogP contribution in [0, 0.1) is 12.7 Å². The molecule has 0 heterocycles. The Balaban J connectivity index is 1.93. The predicted octanol–water partition coefficient (Wildman–Crippen LogP) is 5.20. The summed E-state index contributed by atoms with van der Waals surface area (Å²) in [5.41, 5.74) is 2.75. The van der Waals surface area contributed by atoms with E-state index in [4.69, 9.17) is 27.9 Å². The summed E-state index contributed by atoms with van der Waals surface area (Å²) in [5.74, 6) is 0.401. The average molecular weight is 325 g/mol. The van der Waals surface area contributed by atoms with Crippen molar-refractivity contribution in [2.75, 3.05) is 7.11 Å². The first-order valence-corrected chi connectivity index (χ1v) is 7.48. The monoisotopic (exact) mass is 324 g/mol. The quantitative estimate of drug-likeness (QED) is 0.705. The molecule has 0 aromatic heterocycles. The van der Waals surface area contributed by atoms with Crippen LogP contribution in [-0.4, -0.2) is 11.4 Å². The lowest BCUT2D eigenvalue weighted by Crippen LogP contribution is -1.92. The number of hydrogen-bond acceptors (Lipinski definition) is 1. The zero-order valence-corrected chi connectivity index (χ0v) is 13.3. The second-order valence-electron chi connectivity index (χ2n) is 5.46. The highest BCUT2D eigenvalue weighted by molar-refractivity contribution is 6.52. The summed E-state index contributed by atoms with van der Waals surface area (Å²) in [6, 6.07) is 12.6. The SMILES string of the molecule is COc1ccc(C2C(c3cc(C)cc(F)c3)C2(Cl)Cl)cc1. The molecule has 2 atom stereocenters. The van der Waals surface area contributed by atoms with Crippen LogP contribution in [0.1, 0.15) is 28.5 Å². The summed E-state index contributed by atoms with van der Waals surface area (Å²) in [6.45, 7) is 1.86. The van der Waals surface area contributed by atoms with Crippen molar-refractivity contribution < 1.29 is 9.13 Å². The van der Waals surface area contributed by atoms with Crippen LogP contribution in [0.4, 0.5) is 4.39 Å². The third-order valence-corrected chi connectivity index (χ3v) is 4.89. The standard InChI is InChI=1S/C17H15Cl2FO/c1-10-7-12(9-13(20)8-10)16-15(17(16,18)19)11-3-5-14(21-2)6-4-11/h3-9,15-16H,1-2H3. The molecule has 0 bridgehead atoms. The largest absolute Gasteiger partial charge is 0.497 e. The van der Waals surface area contributed by atoms with Gasteiger partial charge in [-0.2, -0.15) is 0 Å². The van der Waals surface area contributed by atoms with E-state index in [0.29, 0.717) is 0 Å². The lowest BCUT2D eigenvalue weighted by atomic mass is 10.0. The van der Waals surface area contributed by atoms with Crippen molar-refractivity contribution in [3.63, 3.8) is 0 Å². The molecule has 0 spiro atoms. The molecule has 4 heteroatoms. The zero-order chi connectivity index (χ0) is 15.2. The minimum absolute atomic E-state index is 0.0343. The van der Waals surface area contributed by atoms with Gasteiger partial charge < -0.3 is 4.74 Å². The van der Waals surface area contributed by atoms with Gasteiger partial charge in [0.15, 0.2) is 0 Å². The second-order valence-corrected chi connectivity index (χ2v) is 6.91. The zero-order valence-electron chi connectivity index (χ0n) is 11.7. The molecule has 3 rings (SSSR count). The Kier molecular flexibility index (Phi) is 3.62. The number of hydrogen-bond donors (Lipinski definition) is 0. The van der Waals surface area contributed by atoms with Gasteiger partial charge in [0.1, 0.15) is 15.9 Å². The topological polar surface area (TPSA) is 9.23 Å². The van der Waals surface area contributed by atoms with E-state index in [9.17, 15) is 4.39 Å². The Hall–Kier alpha value is -1.25. The van der Waals surface area contributed by atoms with Gasteiger partial charge in [-0.05, 0) is 47.9 Å². The first-order chi connectivity index (χ1) is 9.93. The van der Waals surface area contributed by atoms with Crippen LogP contribution in [0.25, 0.3) is 0 Å². The number of rotatable bonds is 3. The smallest absolute Gasteiger partial charge is 0.133 e. The molecule has 1 aliphatic rings. The minimum Gasteiger partial charge on any atom is -0.497 e. The summed E-state index contributed by atoms with van der Waals surface area (Å²) >= 11 is 12.9. The van der Waals surface area contributed by atoms with Gasteiger partial charge in [-0.3, -0.25) is 0 Å². The van der Waals surface area contributed by atoms with Crippen LogP contribution < -0.4 is 4.74 Å². The van der Waals surface area contributed by atoms with Gasteiger partial charge in [-0.1, -0.05) is 18.2 Å². The first-order valence-electron chi connectivity index (χ1n) is 6.72. The number of aryl methyl sites for hydroxylation is 1.